The molecule has 4 aliphatic carbocycles. The largest absolute Gasteiger partial charge is 0.393 e. The average molecular weight is 435 g/mol. The van der Waals surface area contributed by atoms with Gasteiger partial charge in [0.25, 0.3) is 0 Å². The number of hydrogen-bond donors (Lipinski definition) is 3. The highest BCUT2D eigenvalue weighted by Crippen LogP contribution is 2.68. The molecular weight excluding hydrogens is 388 g/mol. The van der Waals surface area contributed by atoms with Crippen LogP contribution in [0.25, 0.3) is 0 Å². The number of Topliss-reactive ketones (excluding diaryl/α,β-unsaturated/α-hetero) is 1. The summed E-state index contributed by atoms with van der Waals surface area (Å²) in [5.41, 5.74) is -1.14. The van der Waals surface area contributed by atoms with E-state index in [1.165, 1.54) is 58.3 Å². The summed E-state index contributed by atoms with van der Waals surface area (Å²) in [6, 6.07) is 0. The number of fused-ring (bicyclic) bond motifs is 5. The lowest BCUT2D eigenvalue weighted by Gasteiger charge is -2.62. The van der Waals surface area contributed by atoms with Gasteiger partial charge in [0.15, 0.2) is 5.78 Å². The molecule has 0 aromatic rings. The minimum absolute atomic E-state index is 0.120. The van der Waals surface area contributed by atoms with E-state index in [4.69, 9.17) is 0 Å². The van der Waals surface area contributed by atoms with Crippen molar-refractivity contribution in [1.82, 2.24) is 0 Å². The van der Waals surface area contributed by atoms with E-state index in [0.29, 0.717) is 35.5 Å². The zero-order valence-electron chi connectivity index (χ0n) is 20.3. The van der Waals surface area contributed by atoms with Crippen molar-refractivity contribution in [2.24, 2.45) is 46.3 Å². The van der Waals surface area contributed by atoms with Gasteiger partial charge < -0.3 is 15.3 Å². The van der Waals surface area contributed by atoms with E-state index in [1.807, 2.05) is 0 Å². The lowest BCUT2D eigenvalue weighted by molar-refractivity contribution is -0.164. The molecule has 10 atom stereocenters. The minimum Gasteiger partial charge on any atom is -0.393 e. The predicted molar refractivity (Wildman–Crippen MR) is 122 cm³/mol. The van der Waals surface area contributed by atoms with Gasteiger partial charge in [0.1, 0.15) is 5.60 Å². The zero-order valence-corrected chi connectivity index (χ0v) is 20.3. The topological polar surface area (TPSA) is 77.8 Å². The Labute approximate surface area is 189 Å². The molecule has 31 heavy (non-hydrogen) atoms. The SMILES string of the molecule is C[C@H](CCC(=O)C(C)(O)CO)[C@H]1CC[C@H]2[C@@H]3CCC4CCC[C@H](O)[C@]4(C)[C@H]3CC[C@]12C. The van der Waals surface area contributed by atoms with Crippen molar-refractivity contribution < 1.29 is 20.1 Å². The van der Waals surface area contributed by atoms with Crippen molar-refractivity contribution in [3.63, 3.8) is 0 Å². The molecule has 0 spiro atoms. The Morgan fingerprint density at radius 1 is 1.06 bits per heavy atom. The Morgan fingerprint density at radius 2 is 1.81 bits per heavy atom. The minimum atomic E-state index is -1.60. The zero-order chi connectivity index (χ0) is 22.6. The van der Waals surface area contributed by atoms with Gasteiger partial charge in [-0.1, -0.05) is 27.2 Å². The van der Waals surface area contributed by atoms with Crippen LogP contribution in [-0.4, -0.2) is 39.4 Å². The Balaban J connectivity index is 1.46. The van der Waals surface area contributed by atoms with Crippen molar-refractivity contribution >= 4 is 5.78 Å². The first-order valence-corrected chi connectivity index (χ1v) is 13.1. The highest BCUT2D eigenvalue weighted by atomic mass is 16.3. The Hall–Kier alpha value is -0.450. The first kappa shape index (κ1) is 23.7. The molecule has 0 aromatic carbocycles. The molecule has 0 amide bonds. The van der Waals surface area contributed by atoms with Crippen LogP contribution < -0.4 is 0 Å². The molecule has 4 heteroatoms. The first-order chi connectivity index (χ1) is 14.6. The highest BCUT2D eigenvalue weighted by Gasteiger charge is 2.61. The van der Waals surface area contributed by atoms with Gasteiger partial charge in [-0.2, -0.15) is 0 Å². The van der Waals surface area contributed by atoms with Crippen molar-refractivity contribution in [2.75, 3.05) is 6.61 Å². The fraction of sp³-hybridized carbons (Fsp3) is 0.963. The third-order valence-electron chi connectivity index (χ3n) is 11.2. The van der Waals surface area contributed by atoms with Gasteiger partial charge in [-0.25, -0.2) is 0 Å². The molecule has 3 N–H and O–H groups in total. The smallest absolute Gasteiger partial charge is 0.166 e. The van der Waals surface area contributed by atoms with Crippen LogP contribution in [0, 0.1) is 46.3 Å². The van der Waals surface area contributed by atoms with Crippen LogP contribution >= 0.6 is 0 Å². The van der Waals surface area contributed by atoms with Gasteiger partial charge in [0.05, 0.1) is 12.7 Å². The Morgan fingerprint density at radius 3 is 2.52 bits per heavy atom. The molecule has 4 nitrogen and oxygen atoms in total. The van der Waals surface area contributed by atoms with Crippen molar-refractivity contribution in [3.05, 3.63) is 0 Å². The maximum Gasteiger partial charge on any atom is 0.166 e. The first-order valence-electron chi connectivity index (χ1n) is 13.1. The van der Waals surface area contributed by atoms with Crippen LogP contribution in [0.15, 0.2) is 0 Å². The van der Waals surface area contributed by atoms with Gasteiger partial charge in [-0.3, -0.25) is 4.79 Å². The van der Waals surface area contributed by atoms with Gasteiger partial charge in [0, 0.05) is 6.42 Å². The van der Waals surface area contributed by atoms with Crippen LogP contribution in [-0.2, 0) is 4.79 Å². The third-order valence-corrected chi connectivity index (χ3v) is 11.2. The predicted octanol–water partition coefficient (Wildman–Crippen LogP) is 4.73. The number of rotatable bonds is 6. The molecule has 0 radical (unpaired) electrons. The van der Waals surface area contributed by atoms with Crippen LogP contribution in [0.5, 0.6) is 0 Å². The van der Waals surface area contributed by atoms with Crippen LogP contribution in [0.2, 0.25) is 0 Å². The van der Waals surface area contributed by atoms with Crippen molar-refractivity contribution in [1.29, 1.82) is 0 Å². The lowest BCUT2D eigenvalue weighted by Crippen LogP contribution is -2.57. The number of carbonyl (C=O) groups excluding carboxylic acids is 1. The Kier molecular flexibility index (Phi) is 6.42. The second-order valence-electron chi connectivity index (χ2n) is 12.6. The highest BCUT2D eigenvalue weighted by molar-refractivity contribution is 5.86. The molecule has 0 heterocycles. The molecule has 0 aromatic heterocycles. The van der Waals surface area contributed by atoms with Gasteiger partial charge in [0.2, 0.25) is 0 Å². The molecule has 4 saturated carbocycles. The summed E-state index contributed by atoms with van der Waals surface area (Å²) >= 11 is 0. The van der Waals surface area contributed by atoms with E-state index in [9.17, 15) is 20.1 Å². The summed E-state index contributed by atoms with van der Waals surface area (Å²) in [6.45, 7) is 8.17. The van der Waals surface area contributed by atoms with Gasteiger partial charge in [-0.15, -0.1) is 0 Å². The molecule has 178 valence electrons. The number of carbonyl (C=O) groups is 1. The second kappa shape index (κ2) is 8.40. The fourth-order valence-corrected chi connectivity index (χ4v) is 9.21. The van der Waals surface area contributed by atoms with E-state index in [1.54, 1.807) is 0 Å². The molecule has 2 unspecified atom stereocenters. The fourth-order valence-electron chi connectivity index (χ4n) is 9.21. The summed E-state index contributed by atoms with van der Waals surface area (Å²) in [7, 11) is 0. The molecule has 0 saturated heterocycles. The average Bonchev–Trinajstić information content (AvgIpc) is 3.10. The van der Waals surface area contributed by atoms with E-state index in [2.05, 4.69) is 20.8 Å². The molecular formula is C27H46O4. The van der Waals surface area contributed by atoms with Crippen molar-refractivity contribution in [2.45, 2.75) is 110 Å². The summed E-state index contributed by atoms with van der Waals surface area (Å²) < 4.78 is 0. The van der Waals surface area contributed by atoms with Crippen molar-refractivity contribution in [3.8, 4) is 0 Å². The van der Waals surface area contributed by atoms with Crippen LogP contribution in [0.1, 0.15) is 98.3 Å². The van der Waals surface area contributed by atoms with Crippen LogP contribution in [0.3, 0.4) is 0 Å². The van der Waals surface area contributed by atoms with E-state index in [-0.39, 0.29) is 17.3 Å². The van der Waals surface area contributed by atoms with E-state index < -0.39 is 12.2 Å². The number of ketones is 1. The molecule has 4 aliphatic rings. The molecule has 0 aliphatic heterocycles. The van der Waals surface area contributed by atoms with Gasteiger partial charge in [-0.05, 0) is 111 Å². The Bertz CT molecular complexity index is 674. The maximum atomic E-state index is 12.3. The molecule has 4 rings (SSSR count). The maximum absolute atomic E-state index is 12.3. The normalized spacial score (nSPS) is 47.6. The quantitative estimate of drug-likeness (QED) is 0.564. The number of aliphatic hydroxyl groups is 3. The monoisotopic (exact) mass is 434 g/mol. The van der Waals surface area contributed by atoms with E-state index >= 15 is 0 Å². The van der Waals surface area contributed by atoms with E-state index in [0.717, 1.165) is 24.7 Å². The third kappa shape index (κ3) is 3.73. The molecule has 0 bridgehead atoms. The number of hydrogen-bond acceptors (Lipinski definition) is 4. The second-order valence-corrected chi connectivity index (χ2v) is 12.6. The summed E-state index contributed by atoms with van der Waals surface area (Å²) in [5, 5.41) is 30.4. The van der Waals surface area contributed by atoms with Crippen LogP contribution in [0.4, 0.5) is 0 Å². The standard InChI is InChI=1S/C27H46O4/c1-17(8-13-23(29)26(3,31)16-28)20-11-12-21-19-10-9-18-6-5-7-24(30)27(18,4)22(19)14-15-25(20,21)2/h17-22,24,28,30-31H,5-16H2,1-4H3/t17-,18?,19+,20-,21+,22+,24+,25-,26?,27+/m1/s1. The molecule has 4 fully saturated rings. The summed E-state index contributed by atoms with van der Waals surface area (Å²) in [6.07, 6.45) is 12.2. The van der Waals surface area contributed by atoms with Gasteiger partial charge >= 0.3 is 0 Å². The summed E-state index contributed by atoms with van der Waals surface area (Å²) in [4.78, 5) is 12.3. The summed E-state index contributed by atoms with van der Waals surface area (Å²) in [5.74, 6) is 3.74. The number of aliphatic hydroxyl groups excluding tert-OH is 2. The lowest BCUT2D eigenvalue weighted by atomic mass is 9.44.